The van der Waals surface area contributed by atoms with Gasteiger partial charge in [0.05, 0.1) is 5.54 Å². The molecule has 0 aromatic rings. The molecular weight excluding hydrogens is 256 g/mol. The average molecular weight is 284 g/mol. The summed E-state index contributed by atoms with van der Waals surface area (Å²) in [4.78, 5) is 11.7. The van der Waals surface area contributed by atoms with E-state index >= 15 is 0 Å². The first-order valence-corrected chi connectivity index (χ1v) is 8.64. The van der Waals surface area contributed by atoms with Gasteiger partial charge in [0.2, 0.25) is 5.91 Å². The van der Waals surface area contributed by atoms with E-state index in [9.17, 15) is 4.79 Å². The van der Waals surface area contributed by atoms with Crippen LogP contribution in [0.3, 0.4) is 0 Å². The van der Waals surface area contributed by atoms with Crippen molar-refractivity contribution in [2.45, 2.75) is 74.3 Å². The van der Waals surface area contributed by atoms with E-state index < -0.39 is 5.54 Å². The van der Waals surface area contributed by atoms with Crippen LogP contribution in [0.1, 0.15) is 58.3 Å². The van der Waals surface area contributed by atoms with Gasteiger partial charge in [-0.05, 0) is 51.5 Å². The zero-order chi connectivity index (χ0) is 13.9. The third-order valence-corrected chi connectivity index (χ3v) is 6.53. The predicted octanol–water partition coefficient (Wildman–Crippen LogP) is 2.68. The number of carbonyl (C=O) groups is 1. The summed E-state index contributed by atoms with van der Waals surface area (Å²) in [5, 5.41) is 4.61. The first kappa shape index (κ1) is 15.2. The second kappa shape index (κ2) is 6.49. The minimum Gasteiger partial charge on any atom is -0.368 e. The van der Waals surface area contributed by atoms with Crippen molar-refractivity contribution in [2.75, 3.05) is 7.05 Å². The Morgan fingerprint density at radius 2 is 2.00 bits per heavy atom. The maximum absolute atomic E-state index is 11.7. The smallest absolute Gasteiger partial charge is 0.237 e. The molecular formula is C15H28N2OS. The molecule has 0 spiro atoms. The molecule has 0 aromatic heterocycles. The molecule has 1 amide bonds. The first-order chi connectivity index (χ1) is 9.05. The van der Waals surface area contributed by atoms with E-state index in [1.807, 2.05) is 7.05 Å². The molecule has 2 aliphatic carbocycles. The van der Waals surface area contributed by atoms with E-state index in [-0.39, 0.29) is 5.91 Å². The molecule has 2 rings (SSSR count). The summed E-state index contributed by atoms with van der Waals surface area (Å²) in [6.45, 7) is 2.37. The van der Waals surface area contributed by atoms with Crippen molar-refractivity contribution in [1.29, 1.82) is 0 Å². The highest BCUT2D eigenvalue weighted by Gasteiger charge is 2.41. The summed E-state index contributed by atoms with van der Waals surface area (Å²) in [7, 11) is 1.88. The fourth-order valence-corrected chi connectivity index (χ4v) is 5.66. The molecule has 2 aliphatic rings. The summed E-state index contributed by atoms with van der Waals surface area (Å²) >= 11 is 2.13. The number of carbonyl (C=O) groups excluding carboxylic acids is 1. The van der Waals surface area contributed by atoms with Gasteiger partial charge >= 0.3 is 0 Å². The fraction of sp³-hybridized carbons (Fsp3) is 0.933. The number of nitrogens with one attached hydrogen (secondary N) is 1. The summed E-state index contributed by atoms with van der Waals surface area (Å²) in [6.07, 6.45) is 9.64. The highest BCUT2D eigenvalue weighted by atomic mass is 32.2. The molecule has 19 heavy (non-hydrogen) atoms. The number of thioether (sulfide) groups is 1. The van der Waals surface area contributed by atoms with Gasteiger partial charge in [0.15, 0.2) is 0 Å². The maximum Gasteiger partial charge on any atom is 0.237 e. The molecule has 0 bridgehead atoms. The normalized spacial score (nSPS) is 40.0. The lowest BCUT2D eigenvalue weighted by Crippen LogP contribution is -2.57. The summed E-state index contributed by atoms with van der Waals surface area (Å²) in [6, 6.07) is 0. The summed E-state index contributed by atoms with van der Waals surface area (Å²) in [5.74, 6) is 0.706. The monoisotopic (exact) mass is 284 g/mol. The van der Waals surface area contributed by atoms with Gasteiger partial charge in [0.25, 0.3) is 0 Å². The molecule has 0 saturated heterocycles. The van der Waals surface area contributed by atoms with Crippen molar-refractivity contribution >= 4 is 17.7 Å². The summed E-state index contributed by atoms with van der Waals surface area (Å²) in [5.41, 5.74) is 5.17. The molecule has 110 valence electrons. The number of primary amides is 1. The molecule has 4 atom stereocenters. The van der Waals surface area contributed by atoms with Crippen LogP contribution in [-0.2, 0) is 4.79 Å². The number of hydrogen-bond donors (Lipinski definition) is 2. The second-order valence-electron chi connectivity index (χ2n) is 6.44. The molecule has 3 N–H and O–H groups in total. The zero-order valence-electron chi connectivity index (χ0n) is 12.3. The van der Waals surface area contributed by atoms with Gasteiger partial charge in [-0.1, -0.05) is 19.8 Å². The highest BCUT2D eigenvalue weighted by Crippen LogP contribution is 2.41. The zero-order valence-corrected chi connectivity index (χ0v) is 13.1. The van der Waals surface area contributed by atoms with Crippen LogP contribution in [0.25, 0.3) is 0 Å². The van der Waals surface area contributed by atoms with E-state index in [4.69, 9.17) is 5.73 Å². The van der Waals surface area contributed by atoms with Gasteiger partial charge in [0, 0.05) is 10.5 Å². The lowest BCUT2D eigenvalue weighted by atomic mass is 9.81. The lowest BCUT2D eigenvalue weighted by molar-refractivity contribution is -0.125. The number of rotatable bonds is 4. The van der Waals surface area contributed by atoms with E-state index in [0.29, 0.717) is 5.25 Å². The Labute approximate surface area is 121 Å². The molecule has 4 heteroatoms. The van der Waals surface area contributed by atoms with Crippen molar-refractivity contribution in [3.05, 3.63) is 0 Å². The Kier molecular flexibility index (Phi) is 5.18. The van der Waals surface area contributed by atoms with Crippen molar-refractivity contribution < 1.29 is 4.79 Å². The van der Waals surface area contributed by atoms with E-state index in [2.05, 4.69) is 24.0 Å². The van der Waals surface area contributed by atoms with Crippen LogP contribution in [0.4, 0.5) is 0 Å². The first-order valence-electron chi connectivity index (χ1n) is 7.70. The van der Waals surface area contributed by atoms with Crippen LogP contribution in [0.5, 0.6) is 0 Å². The van der Waals surface area contributed by atoms with Crippen molar-refractivity contribution in [1.82, 2.24) is 5.32 Å². The Hall–Kier alpha value is -0.220. The lowest BCUT2D eigenvalue weighted by Gasteiger charge is -2.40. The van der Waals surface area contributed by atoms with Gasteiger partial charge in [-0.3, -0.25) is 4.79 Å². The van der Waals surface area contributed by atoms with Crippen LogP contribution in [0, 0.1) is 5.92 Å². The largest absolute Gasteiger partial charge is 0.368 e. The van der Waals surface area contributed by atoms with Crippen molar-refractivity contribution in [3.8, 4) is 0 Å². The number of hydrogen-bond acceptors (Lipinski definition) is 3. The quantitative estimate of drug-likeness (QED) is 0.834. The molecule has 3 nitrogen and oxygen atoms in total. The molecule has 2 fully saturated rings. The van der Waals surface area contributed by atoms with Gasteiger partial charge in [-0.15, -0.1) is 0 Å². The second-order valence-corrected chi connectivity index (χ2v) is 8.05. The van der Waals surface area contributed by atoms with Gasteiger partial charge in [0.1, 0.15) is 0 Å². The van der Waals surface area contributed by atoms with Crippen LogP contribution >= 0.6 is 11.8 Å². The highest BCUT2D eigenvalue weighted by molar-refractivity contribution is 8.00. The number of nitrogens with two attached hydrogens (primary N) is 1. The van der Waals surface area contributed by atoms with Gasteiger partial charge in [-0.2, -0.15) is 11.8 Å². The third-order valence-electron chi connectivity index (χ3n) is 4.93. The standard InChI is InChI=1S/C15H28N2OS/c1-11-5-3-6-12(9-11)19-13-7-4-8-15(10-13,17-2)14(16)18/h11-13,17H,3-10H2,1-2H3,(H2,16,18). The number of likely N-dealkylation sites (N-methyl/N-ethyl adjacent to an activating group) is 1. The predicted molar refractivity (Wildman–Crippen MR) is 82.3 cm³/mol. The Bertz CT molecular complexity index is 323. The van der Waals surface area contributed by atoms with Crippen LogP contribution in [-0.4, -0.2) is 29.0 Å². The van der Waals surface area contributed by atoms with Gasteiger partial charge < -0.3 is 11.1 Å². The average Bonchev–Trinajstić information content (AvgIpc) is 2.38. The third kappa shape index (κ3) is 3.66. The van der Waals surface area contributed by atoms with Crippen LogP contribution in [0.15, 0.2) is 0 Å². The SMILES string of the molecule is CNC1(C(N)=O)CCCC(SC2CCCC(C)C2)C1. The van der Waals surface area contributed by atoms with Gasteiger partial charge in [-0.25, -0.2) is 0 Å². The molecule has 0 radical (unpaired) electrons. The van der Waals surface area contributed by atoms with E-state index in [1.54, 1.807) is 0 Å². The minimum atomic E-state index is -0.448. The minimum absolute atomic E-state index is 0.169. The molecule has 0 aliphatic heterocycles. The number of amides is 1. The molecule has 2 saturated carbocycles. The Morgan fingerprint density at radius 1 is 1.26 bits per heavy atom. The van der Waals surface area contributed by atoms with Crippen molar-refractivity contribution in [2.24, 2.45) is 11.7 Å². The van der Waals surface area contributed by atoms with Crippen LogP contribution < -0.4 is 11.1 Å². The maximum atomic E-state index is 11.7. The fourth-order valence-electron chi connectivity index (χ4n) is 3.69. The topological polar surface area (TPSA) is 55.1 Å². The molecule has 4 unspecified atom stereocenters. The molecule has 0 aromatic carbocycles. The Morgan fingerprint density at radius 3 is 2.63 bits per heavy atom. The Balaban J connectivity index is 1.92. The summed E-state index contributed by atoms with van der Waals surface area (Å²) < 4.78 is 0. The molecule has 0 heterocycles. The van der Waals surface area contributed by atoms with Crippen LogP contribution in [0.2, 0.25) is 0 Å². The van der Waals surface area contributed by atoms with E-state index in [1.165, 1.54) is 32.1 Å². The van der Waals surface area contributed by atoms with Crippen molar-refractivity contribution in [3.63, 3.8) is 0 Å². The van der Waals surface area contributed by atoms with E-state index in [0.717, 1.165) is 30.4 Å².